The highest BCUT2D eigenvalue weighted by Gasteiger charge is 2.69. The molecule has 0 radical (unpaired) electrons. The third kappa shape index (κ3) is 5.23. The van der Waals surface area contributed by atoms with Crippen molar-refractivity contribution in [3.63, 3.8) is 0 Å². The summed E-state index contributed by atoms with van der Waals surface area (Å²) in [5, 5.41) is 86.9. The van der Waals surface area contributed by atoms with Crippen LogP contribution in [0.3, 0.4) is 0 Å². The molecule has 1 saturated heterocycles. The number of carbonyl (C=O) groups excluding carboxylic acids is 1. The minimum absolute atomic E-state index is 0.126. The van der Waals surface area contributed by atoms with E-state index in [0.29, 0.717) is 43.6 Å². The molecule has 15 atom stereocenters. The van der Waals surface area contributed by atoms with Crippen LogP contribution in [0.25, 0.3) is 0 Å². The van der Waals surface area contributed by atoms with Crippen LogP contribution in [0.2, 0.25) is 0 Å². The number of fused-ring (bicyclic) bond motifs is 5. The number of aliphatic hydroxyl groups is 8. The molecule has 11 nitrogen and oxygen atoms in total. The zero-order valence-corrected chi connectivity index (χ0v) is 26.7. The second-order valence-electron chi connectivity index (χ2n) is 15.6. The van der Waals surface area contributed by atoms with Crippen LogP contribution in [0.5, 0.6) is 0 Å². The number of aliphatic hydroxyl groups excluding tert-OH is 6. The fourth-order valence-electron chi connectivity index (χ4n) is 9.81. The molecule has 5 rings (SSSR count). The predicted molar refractivity (Wildman–Crippen MR) is 158 cm³/mol. The van der Waals surface area contributed by atoms with Crippen molar-refractivity contribution in [2.45, 2.75) is 146 Å². The number of ketones is 1. The van der Waals surface area contributed by atoms with Crippen molar-refractivity contribution in [1.29, 1.82) is 0 Å². The highest BCUT2D eigenvalue weighted by molar-refractivity contribution is 5.95. The molecule has 4 fully saturated rings. The fraction of sp³-hybridized carbons (Fsp3) is 0.909. The SMILES string of the molecule is CC(C)CC[C@@H](O)[C@](C)(O)[C@H]1CCC2(O)C3=CC(=O)[C@@H]4C[C@@H](O[C@@H]5O[C@H](CO)[C@@H](O)[C@H](O)[C@H]5O)[C@@H](O)C[C@]4(C)[C@H]3CC[C@]12C. The van der Waals surface area contributed by atoms with Gasteiger partial charge in [-0.1, -0.05) is 27.7 Å². The van der Waals surface area contributed by atoms with Crippen LogP contribution in [0.1, 0.15) is 86.0 Å². The minimum Gasteiger partial charge on any atom is -0.394 e. The minimum atomic E-state index is -1.62. The van der Waals surface area contributed by atoms with Gasteiger partial charge in [-0.15, -0.1) is 0 Å². The van der Waals surface area contributed by atoms with Gasteiger partial charge in [0.15, 0.2) is 12.1 Å². The van der Waals surface area contributed by atoms with Crippen LogP contribution in [0, 0.1) is 34.5 Å². The summed E-state index contributed by atoms with van der Waals surface area (Å²) >= 11 is 0. The van der Waals surface area contributed by atoms with Gasteiger partial charge >= 0.3 is 0 Å². The maximum Gasteiger partial charge on any atom is 0.187 e. The second kappa shape index (κ2) is 11.9. The highest BCUT2D eigenvalue weighted by atomic mass is 16.7. The molecule has 0 aromatic carbocycles. The van der Waals surface area contributed by atoms with Crippen molar-refractivity contribution in [2.24, 2.45) is 34.5 Å². The molecule has 0 aromatic rings. The van der Waals surface area contributed by atoms with E-state index >= 15 is 0 Å². The van der Waals surface area contributed by atoms with Crippen LogP contribution in [-0.2, 0) is 14.3 Å². The number of allylic oxidation sites excluding steroid dienone is 1. The average Bonchev–Trinajstić information content (AvgIpc) is 3.24. The van der Waals surface area contributed by atoms with Crippen LogP contribution in [-0.4, -0.2) is 113 Å². The summed E-state index contributed by atoms with van der Waals surface area (Å²) in [6.45, 7) is 9.17. The summed E-state index contributed by atoms with van der Waals surface area (Å²) in [5.41, 5.74) is -3.55. The lowest BCUT2D eigenvalue weighted by Crippen LogP contribution is -2.64. The summed E-state index contributed by atoms with van der Waals surface area (Å²) < 4.78 is 11.4. The molecule has 1 heterocycles. The van der Waals surface area contributed by atoms with Crippen LogP contribution >= 0.6 is 0 Å². The van der Waals surface area contributed by atoms with Crippen molar-refractivity contribution in [3.8, 4) is 0 Å². The van der Waals surface area contributed by atoms with E-state index in [9.17, 15) is 45.6 Å². The van der Waals surface area contributed by atoms with Gasteiger partial charge in [-0.05, 0) is 93.1 Å². The zero-order valence-electron chi connectivity index (χ0n) is 26.7. The Labute approximate surface area is 259 Å². The van der Waals surface area contributed by atoms with Crippen molar-refractivity contribution >= 4 is 5.78 Å². The van der Waals surface area contributed by atoms with E-state index in [1.807, 2.05) is 13.8 Å². The van der Waals surface area contributed by atoms with Gasteiger partial charge in [0.25, 0.3) is 0 Å². The molecule has 0 bridgehead atoms. The molecule has 11 heteroatoms. The predicted octanol–water partition coefficient (Wildman–Crippen LogP) is 0.563. The van der Waals surface area contributed by atoms with Crippen LogP contribution < -0.4 is 0 Å². The summed E-state index contributed by atoms with van der Waals surface area (Å²) in [5.74, 6) is -0.913. The second-order valence-corrected chi connectivity index (χ2v) is 15.6. The van der Waals surface area contributed by atoms with Gasteiger partial charge in [0, 0.05) is 11.3 Å². The first kappa shape index (κ1) is 34.3. The Balaban J connectivity index is 1.38. The number of hydrogen-bond donors (Lipinski definition) is 8. The lowest BCUT2D eigenvalue weighted by atomic mass is 9.45. The molecule has 3 saturated carbocycles. The van der Waals surface area contributed by atoms with E-state index in [1.54, 1.807) is 13.0 Å². The number of rotatable bonds is 8. The van der Waals surface area contributed by atoms with E-state index in [1.165, 1.54) is 0 Å². The molecule has 5 aliphatic rings. The first-order valence-electron chi connectivity index (χ1n) is 16.4. The van der Waals surface area contributed by atoms with Crippen LogP contribution in [0.15, 0.2) is 11.6 Å². The molecule has 4 aliphatic carbocycles. The van der Waals surface area contributed by atoms with Gasteiger partial charge < -0.3 is 50.3 Å². The van der Waals surface area contributed by atoms with Gasteiger partial charge in [-0.3, -0.25) is 4.79 Å². The third-order valence-electron chi connectivity index (χ3n) is 12.6. The van der Waals surface area contributed by atoms with E-state index in [4.69, 9.17) is 9.47 Å². The standard InChI is InChI=1S/C33H54O11/c1-16(2)6-7-25(37)32(5,41)24-9-11-33(42)18-12-20(35)19-13-22(43-29-28(40)27(39)26(38)23(15-34)44-29)21(36)14-30(19,3)17(18)8-10-31(24,33)4/h12,16-17,19,21-29,34,36-42H,6-11,13-15H2,1-5H3/t17-,19-,21-,22+,23+,24-,25+,26+,27-,28+,29+,30+,31+,32+,33?/m0/s1. The van der Waals surface area contributed by atoms with E-state index in [2.05, 4.69) is 13.8 Å². The number of ether oxygens (including phenoxy) is 2. The quantitative estimate of drug-likeness (QED) is 0.187. The van der Waals surface area contributed by atoms with Gasteiger partial charge in [0.05, 0.1) is 36.1 Å². The van der Waals surface area contributed by atoms with Gasteiger partial charge in [0.1, 0.15) is 24.4 Å². The van der Waals surface area contributed by atoms with Gasteiger partial charge in [-0.2, -0.15) is 0 Å². The van der Waals surface area contributed by atoms with Gasteiger partial charge in [-0.25, -0.2) is 0 Å². The summed E-state index contributed by atoms with van der Waals surface area (Å²) in [6, 6.07) is 0. The molecule has 1 aliphatic heterocycles. The largest absolute Gasteiger partial charge is 0.394 e. The average molecular weight is 627 g/mol. The van der Waals surface area contributed by atoms with E-state index in [-0.39, 0.29) is 30.5 Å². The topological polar surface area (TPSA) is 197 Å². The zero-order chi connectivity index (χ0) is 32.6. The van der Waals surface area contributed by atoms with Crippen molar-refractivity contribution in [3.05, 3.63) is 11.6 Å². The van der Waals surface area contributed by atoms with Crippen molar-refractivity contribution in [2.75, 3.05) is 6.61 Å². The van der Waals surface area contributed by atoms with E-state index in [0.717, 1.165) is 6.42 Å². The summed E-state index contributed by atoms with van der Waals surface area (Å²) in [4.78, 5) is 13.9. The normalized spacial score (nSPS) is 49.5. The van der Waals surface area contributed by atoms with Crippen LogP contribution in [0.4, 0.5) is 0 Å². The molecular formula is C33H54O11. The molecule has 0 spiro atoms. The molecule has 0 aromatic heterocycles. The maximum atomic E-state index is 13.9. The summed E-state index contributed by atoms with van der Waals surface area (Å²) in [6.07, 6.45) is -5.04. The Hall–Kier alpha value is -0.990. The first-order valence-corrected chi connectivity index (χ1v) is 16.4. The Morgan fingerprint density at radius 1 is 1.05 bits per heavy atom. The maximum absolute atomic E-state index is 13.9. The van der Waals surface area contributed by atoms with Crippen molar-refractivity contribution < 1.29 is 55.1 Å². The van der Waals surface area contributed by atoms with Crippen molar-refractivity contribution in [1.82, 2.24) is 0 Å². The third-order valence-corrected chi connectivity index (χ3v) is 12.6. The lowest BCUT2D eigenvalue weighted by Gasteiger charge is -2.61. The molecule has 252 valence electrons. The Morgan fingerprint density at radius 3 is 2.36 bits per heavy atom. The smallest absolute Gasteiger partial charge is 0.187 e. The lowest BCUT2D eigenvalue weighted by molar-refractivity contribution is -0.322. The van der Waals surface area contributed by atoms with Gasteiger partial charge in [0.2, 0.25) is 0 Å². The molecule has 0 amide bonds. The highest BCUT2D eigenvalue weighted by Crippen LogP contribution is 2.68. The Morgan fingerprint density at radius 2 is 1.73 bits per heavy atom. The summed E-state index contributed by atoms with van der Waals surface area (Å²) in [7, 11) is 0. The first-order chi connectivity index (χ1) is 20.4. The molecule has 8 N–H and O–H groups in total. The monoisotopic (exact) mass is 626 g/mol. The Bertz CT molecular complexity index is 1110. The fourth-order valence-corrected chi connectivity index (χ4v) is 9.81. The molecule has 1 unspecified atom stereocenters. The number of hydrogen-bond acceptors (Lipinski definition) is 11. The molecular weight excluding hydrogens is 572 g/mol. The number of carbonyl (C=O) groups is 1. The Kier molecular flexibility index (Phi) is 9.30. The van der Waals surface area contributed by atoms with E-state index < -0.39 is 83.6 Å². The molecule has 44 heavy (non-hydrogen) atoms.